The molecule has 0 N–H and O–H groups in total. The Hall–Kier alpha value is -1.83. The van der Waals surface area contributed by atoms with Crippen molar-refractivity contribution in [3.8, 4) is 16.9 Å². The highest BCUT2D eigenvalue weighted by molar-refractivity contribution is 5.66. The van der Waals surface area contributed by atoms with Crippen LogP contribution in [0.5, 0.6) is 5.75 Å². The second kappa shape index (κ2) is 8.51. The van der Waals surface area contributed by atoms with E-state index in [4.69, 9.17) is 4.74 Å². The summed E-state index contributed by atoms with van der Waals surface area (Å²) in [6.07, 6.45) is 7.96. The smallest absolute Gasteiger partial charge is 0.172 e. The van der Waals surface area contributed by atoms with Crippen molar-refractivity contribution in [1.29, 1.82) is 0 Å². The van der Waals surface area contributed by atoms with Crippen LogP contribution in [0.2, 0.25) is 0 Å². The lowest BCUT2D eigenvalue weighted by Crippen LogP contribution is -2.13. The minimum Gasteiger partial charge on any atom is -0.491 e. The van der Waals surface area contributed by atoms with Crippen LogP contribution < -0.4 is 4.74 Å². The van der Waals surface area contributed by atoms with Gasteiger partial charge in [-0.15, -0.1) is 0 Å². The maximum atomic E-state index is 14.6. The molecule has 0 atom stereocenters. The number of hydrogen-bond donors (Lipinski definition) is 0. The third kappa shape index (κ3) is 4.23. The van der Waals surface area contributed by atoms with Crippen LogP contribution in [0.25, 0.3) is 11.1 Å². The van der Waals surface area contributed by atoms with Gasteiger partial charge in [-0.1, -0.05) is 56.2 Å². The summed E-state index contributed by atoms with van der Waals surface area (Å²) in [4.78, 5) is 0. The van der Waals surface area contributed by atoms with Gasteiger partial charge in [-0.05, 0) is 61.6 Å². The van der Waals surface area contributed by atoms with Crippen molar-refractivity contribution in [2.24, 2.45) is 5.92 Å². The summed E-state index contributed by atoms with van der Waals surface area (Å²) < 4.78 is 20.0. The van der Waals surface area contributed by atoms with Crippen molar-refractivity contribution in [2.45, 2.75) is 58.3 Å². The second-order valence-electron chi connectivity index (χ2n) is 7.18. The van der Waals surface area contributed by atoms with Gasteiger partial charge < -0.3 is 4.74 Å². The van der Waals surface area contributed by atoms with E-state index in [2.05, 4.69) is 31.2 Å². The fourth-order valence-corrected chi connectivity index (χ4v) is 4.13. The first-order chi connectivity index (χ1) is 12.2. The van der Waals surface area contributed by atoms with Crippen molar-refractivity contribution >= 4 is 0 Å². The van der Waals surface area contributed by atoms with Gasteiger partial charge in [0.25, 0.3) is 0 Å². The quantitative estimate of drug-likeness (QED) is 0.552. The lowest BCUT2D eigenvalue weighted by Gasteiger charge is -2.28. The molecule has 134 valence electrons. The molecular weight excluding hydrogens is 311 g/mol. The molecule has 0 heterocycles. The minimum atomic E-state index is -0.267. The Morgan fingerprint density at radius 1 is 0.960 bits per heavy atom. The monoisotopic (exact) mass is 340 g/mol. The highest BCUT2D eigenvalue weighted by Crippen LogP contribution is 2.38. The van der Waals surface area contributed by atoms with Gasteiger partial charge in [-0.3, -0.25) is 0 Å². The summed E-state index contributed by atoms with van der Waals surface area (Å²) in [6.45, 7) is 4.63. The number of hydrogen-bond acceptors (Lipinski definition) is 1. The van der Waals surface area contributed by atoms with Crippen LogP contribution in [0.1, 0.15) is 63.9 Å². The first kappa shape index (κ1) is 18.0. The van der Waals surface area contributed by atoms with E-state index in [-0.39, 0.29) is 5.82 Å². The molecule has 1 aliphatic carbocycles. The summed E-state index contributed by atoms with van der Waals surface area (Å²) in [5.41, 5.74) is 2.94. The average molecular weight is 340 g/mol. The Bertz CT molecular complexity index is 669. The molecule has 25 heavy (non-hydrogen) atoms. The average Bonchev–Trinajstić information content (AvgIpc) is 2.65. The first-order valence-corrected chi connectivity index (χ1v) is 9.74. The summed E-state index contributed by atoms with van der Waals surface area (Å²) in [6, 6.07) is 13.9. The maximum absolute atomic E-state index is 14.6. The van der Waals surface area contributed by atoms with Crippen molar-refractivity contribution in [3.05, 3.63) is 53.8 Å². The van der Waals surface area contributed by atoms with Gasteiger partial charge in [-0.25, -0.2) is 4.39 Å². The predicted octanol–water partition coefficient (Wildman–Crippen LogP) is 6.97. The molecule has 2 aromatic rings. The van der Waals surface area contributed by atoms with E-state index >= 15 is 0 Å². The largest absolute Gasteiger partial charge is 0.491 e. The third-order valence-electron chi connectivity index (χ3n) is 5.50. The van der Waals surface area contributed by atoms with Gasteiger partial charge >= 0.3 is 0 Å². The van der Waals surface area contributed by atoms with E-state index in [0.717, 1.165) is 11.5 Å². The molecule has 1 saturated carbocycles. The van der Waals surface area contributed by atoms with Gasteiger partial charge in [0.2, 0.25) is 0 Å². The molecule has 0 bridgehead atoms. The first-order valence-electron chi connectivity index (χ1n) is 9.74. The molecule has 0 amide bonds. The summed E-state index contributed by atoms with van der Waals surface area (Å²) in [7, 11) is 0. The van der Waals surface area contributed by atoms with Crippen LogP contribution >= 0.6 is 0 Å². The third-order valence-corrected chi connectivity index (χ3v) is 5.50. The van der Waals surface area contributed by atoms with Gasteiger partial charge in [0.15, 0.2) is 11.6 Å². The molecule has 2 aromatic carbocycles. The summed E-state index contributed by atoms with van der Waals surface area (Å²) in [5, 5.41) is 0. The maximum Gasteiger partial charge on any atom is 0.172 e. The Labute approximate surface area is 151 Å². The van der Waals surface area contributed by atoms with Gasteiger partial charge in [0.1, 0.15) is 0 Å². The van der Waals surface area contributed by atoms with E-state index in [9.17, 15) is 4.39 Å². The molecule has 1 nitrogen and oxygen atoms in total. The van der Waals surface area contributed by atoms with Crippen LogP contribution in [0.4, 0.5) is 4.39 Å². The zero-order valence-electron chi connectivity index (χ0n) is 15.4. The number of benzene rings is 2. The van der Waals surface area contributed by atoms with Crippen molar-refractivity contribution in [2.75, 3.05) is 6.61 Å². The van der Waals surface area contributed by atoms with E-state index in [0.29, 0.717) is 23.8 Å². The Morgan fingerprint density at radius 3 is 2.32 bits per heavy atom. The van der Waals surface area contributed by atoms with Gasteiger partial charge in [0.05, 0.1) is 6.61 Å². The van der Waals surface area contributed by atoms with E-state index in [1.165, 1.54) is 44.1 Å². The van der Waals surface area contributed by atoms with Gasteiger partial charge in [0, 0.05) is 5.56 Å². The zero-order chi connectivity index (χ0) is 17.6. The molecule has 1 aliphatic rings. The molecule has 0 saturated heterocycles. The highest BCUT2D eigenvalue weighted by Gasteiger charge is 2.22. The Balaban J connectivity index is 1.72. The van der Waals surface area contributed by atoms with Gasteiger partial charge in [-0.2, -0.15) is 0 Å². The normalized spacial score (nSPS) is 20.4. The zero-order valence-corrected chi connectivity index (χ0v) is 15.4. The predicted molar refractivity (Wildman–Crippen MR) is 103 cm³/mol. The number of rotatable bonds is 6. The van der Waals surface area contributed by atoms with Crippen LogP contribution in [-0.4, -0.2) is 6.61 Å². The van der Waals surface area contributed by atoms with Crippen molar-refractivity contribution in [3.63, 3.8) is 0 Å². The van der Waals surface area contributed by atoms with Crippen molar-refractivity contribution in [1.82, 2.24) is 0 Å². The summed E-state index contributed by atoms with van der Waals surface area (Å²) >= 11 is 0. The molecular formula is C23H29FO. The van der Waals surface area contributed by atoms with Crippen molar-refractivity contribution < 1.29 is 9.13 Å². The lowest BCUT2D eigenvalue weighted by atomic mass is 9.77. The standard InChI is InChI=1S/C23H29FO/c1-3-6-17-9-11-18(12-10-17)19-13-15-20(16-14-19)21-7-5-8-22(23(21)24)25-4-2/h5,7-8,13-18H,3-4,6,9-12H2,1-2H3. The van der Waals surface area contributed by atoms with Crippen LogP contribution in [-0.2, 0) is 0 Å². The highest BCUT2D eigenvalue weighted by atomic mass is 19.1. The summed E-state index contributed by atoms with van der Waals surface area (Å²) in [5.74, 6) is 1.66. The number of halogens is 1. The Morgan fingerprint density at radius 2 is 1.68 bits per heavy atom. The fourth-order valence-electron chi connectivity index (χ4n) is 4.13. The molecule has 1 fully saturated rings. The fraction of sp³-hybridized carbons (Fsp3) is 0.478. The molecule has 0 aromatic heterocycles. The molecule has 0 spiro atoms. The van der Waals surface area contributed by atoms with Crippen LogP contribution in [0, 0.1) is 11.7 Å². The topological polar surface area (TPSA) is 9.23 Å². The molecule has 0 unspecified atom stereocenters. The molecule has 0 aliphatic heterocycles. The molecule has 2 heteroatoms. The van der Waals surface area contributed by atoms with Crippen LogP contribution in [0.3, 0.4) is 0 Å². The van der Waals surface area contributed by atoms with E-state index in [1.54, 1.807) is 6.07 Å². The second-order valence-corrected chi connectivity index (χ2v) is 7.18. The number of ether oxygens (including phenoxy) is 1. The minimum absolute atomic E-state index is 0.267. The van der Waals surface area contributed by atoms with Crippen LogP contribution in [0.15, 0.2) is 42.5 Å². The SMILES string of the molecule is CCCC1CCC(c2ccc(-c3cccc(OCC)c3F)cc2)CC1. The molecule has 0 radical (unpaired) electrons. The molecule has 3 rings (SSSR count). The van der Waals surface area contributed by atoms with E-state index < -0.39 is 0 Å². The van der Waals surface area contributed by atoms with E-state index in [1.807, 2.05) is 19.1 Å². The lowest BCUT2D eigenvalue weighted by molar-refractivity contribution is 0.308. The Kier molecular flexibility index (Phi) is 6.12.